The zero-order valence-corrected chi connectivity index (χ0v) is 9.10. The predicted molar refractivity (Wildman–Crippen MR) is 61.5 cm³/mol. The molecule has 0 bridgehead atoms. The molecule has 80 valence electrons. The van der Waals surface area contributed by atoms with Crippen LogP contribution in [-0.4, -0.2) is 11.2 Å². The minimum Gasteiger partial charge on any atom is -0.350 e. The molecule has 3 nitrogen and oxygen atoms in total. The van der Waals surface area contributed by atoms with Crippen molar-refractivity contribution in [2.75, 3.05) is 6.61 Å². The van der Waals surface area contributed by atoms with Crippen molar-refractivity contribution in [2.45, 2.75) is 12.8 Å². The molecule has 1 aromatic carbocycles. The van der Waals surface area contributed by atoms with Crippen LogP contribution < -0.4 is 5.90 Å². The molecule has 0 amide bonds. The second-order valence-corrected chi connectivity index (χ2v) is 3.95. The van der Waals surface area contributed by atoms with Gasteiger partial charge >= 0.3 is 0 Å². The average Bonchev–Trinajstić information content (AvgIpc) is 2.58. The van der Waals surface area contributed by atoms with Gasteiger partial charge < -0.3 is 9.40 Å². The number of nitrogens with two attached hydrogens (primary N) is 1. The summed E-state index contributed by atoms with van der Waals surface area (Å²) in [5.41, 5.74) is 2.54. The lowest BCUT2D eigenvalue weighted by Gasteiger charge is -2.07. The number of para-hydroxylation sites is 1. The molecular weight excluding hydrogens is 188 g/mol. The van der Waals surface area contributed by atoms with Crippen LogP contribution >= 0.6 is 0 Å². The Morgan fingerprint density at radius 3 is 2.87 bits per heavy atom. The van der Waals surface area contributed by atoms with Gasteiger partial charge in [-0.1, -0.05) is 25.1 Å². The van der Waals surface area contributed by atoms with Crippen molar-refractivity contribution in [3.63, 3.8) is 0 Å². The van der Waals surface area contributed by atoms with E-state index in [-0.39, 0.29) is 0 Å². The Labute approximate surface area is 89.4 Å². The molecule has 2 rings (SSSR count). The van der Waals surface area contributed by atoms with Gasteiger partial charge in [-0.15, -0.1) is 0 Å². The Morgan fingerprint density at radius 2 is 2.13 bits per heavy atom. The quantitative estimate of drug-likeness (QED) is 0.778. The van der Waals surface area contributed by atoms with Crippen molar-refractivity contribution in [2.24, 2.45) is 12.9 Å². The zero-order valence-electron chi connectivity index (χ0n) is 9.10. The highest BCUT2D eigenvalue weighted by atomic mass is 16.6. The van der Waals surface area contributed by atoms with Crippen LogP contribution in [-0.2, 0) is 11.9 Å². The van der Waals surface area contributed by atoms with Gasteiger partial charge in [0.2, 0.25) is 0 Å². The largest absolute Gasteiger partial charge is 0.350 e. The van der Waals surface area contributed by atoms with Crippen molar-refractivity contribution in [3.05, 3.63) is 36.0 Å². The Kier molecular flexibility index (Phi) is 2.75. The predicted octanol–water partition coefficient (Wildman–Crippen LogP) is 2.17. The van der Waals surface area contributed by atoms with E-state index in [1.807, 2.05) is 0 Å². The molecule has 1 atom stereocenters. The van der Waals surface area contributed by atoms with Crippen LogP contribution in [0.3, 0.4) is 0 Å². The summed E-state index contributed by atoms with van der Waals surface area (Å²) in [6.45, 7) is 2.67. The number of hydrogen-bond acceptors (Lipinski definition) is 2. The van der Waals surface area contributed by atoms with Crippen LogP contribution in [0.25, 0.3) is 10.9 Å². The van der Waals surface area contributed by atoms with E-state index in [2.05, 4.69) is 49.0 Å². The minimum absolute atomic E-state index is 0.320. The molecule has 2 N–H and O–H groups in total. The number of nitrogens with zero attached hydrogens (tertiary/aromatic N) is 1. The number of hydrogen-bond donors (Lipinski definition) is 1. The third kappa shape index (κ3) is 1.76. The van der Waals surface area contributed by atoms with Gasteiger partial charge in [0.15, 0.2) is 0 Å². The molecule has 3 heteroatoms. The van der Waals surface area contributed by atoms with Crippen LogP contribution in [0.15, 0.2) is 30.5 Å². The molecule has 0 aliphatic rings. The molecule has 0 saturated carbocycles. The van der Waals surface area contributed by atoms with Crippen molar-refractivity contribution >= 4 is 10.9 Å². The zero-order chi connectivity index (χ0) is 10.8. The SMILES string of the molecule is CC(CON)c1cn(C)c2ccccc12. The number of aromatic nitrogens is 1. The fourth-order valence-corrected chi connectivity index (χ4v) is 2.00. The fourth-order valence-electron chi connectivity index (χ4n) is 2.00. The molecule has 0 radical (unpaired) electrons. The lowest BCUT2D eigenvalue weighted by Crippen LogP contribution is -2.08. The topological polar surface area (TPSA) is 40.2 Å². The van der Waals surface area contributed by atoms with E-state index in [4.69, 9.17) is 10.7 Å². The number of aryl methyl sites for hydroxylation is 1. The highest BCUT2D eigenvalue weighted by Gasteiger charge is 2.12. The molecule has 0 aliphatic heterocycles. The number of benzene rings is 1. The minimum atomic E-state index is 0.320. The van der Waals surface area contributed by atoms with E-state index < -0.39 is 0 Å². The first-order valence-corrected chi connectivity index (χ1v) is 5.09. The number of fused-ring (bicyclic) bond motifs is 1. The van der Waals surface area contributed by atoms with E-state index in [0.717, 1.165) is 0 Å². The Hall–Kier alpha value is -1.32. The first-order valence-electron chi connectivity index (χ1n) is 5.09. The first-order chi connectivity index (χ1) is 7.24. The third-order valence-corrected chi connectivity index (χ3v) is 2.80. The molecule has 1 unspecified atom stereocenters. The summed E-state index contributed by atoms with van der Waals surface area (Å²) in [6, 6.07) is 8.37. The highest BCUT2D eigenvalue weighted by molar-refractivity contribution is 5.84. The van der Waals surface area contributed by atoms with E-state index in [1.54, 1.807) is 0 Å². The summed E-state index contributed by atoms with van der Waals surface area (Å²) in [6.07, 6.45) is 2.15. The van der Waals surface area contributed by atoms with Gasteiger partial charge in [-0.2, -0.15) is 0 Å². The average molecular weight is 204 g/mol. The molecular formula is C12H16N2O. The second-order valence-electron chi connectivity index (χ2n) is 3.95. The van der Waals surface area contributed by atoms with Crippen LogP contribution in [0.4, 0.5) is 0 Å². The fraction of sp³-hybridized carbons (Fsp3) is 0.333. The maximum absolute atomic E-state index is 5.11. The molecule has 0 saturated heterocycles. The molecule has 1 heterocycles. The lowest BCUT2D eigenvalue weighted by atomic mass is 10.0. The first kappa shape index (κ1) is 10.2. The van der Waals surface area contributed by atoms with Crippen molar-refractivity contribution in [1.82, 2.24) is 4.57 Å². The van der Waals surface area contributed by atoms with Gasteiger partial charge in [-0.3, -0.25) is 0 Å². The summed E-state index contributed by atoms with van der Waals surface area (Å²) < 4.78 is 2.14. The second kappa shape index (κ2) is 4.04. The van der Waals surface area contributed by atoms with Gasteiger partial charge in [-0.25, -0.2) is 5.90 Å². The van der Waals surface area contributed by atoms with E-state index in [9.17, 15) is 0 Å². The van der Waals surface area contributed by atoms with Gasteiger partial charge in [0.1, 0.15) is 0 Å². The van der Waals surface area contributed by atoms with E-state index >= 15 is 0 Å². The maximum atomic E-state index is 5.11. The maximum Gasteiger partial charge on any atom is 0.0745 e. The van der Waals surface area contributed by atoms with Crippen LogP contribution in [0.5, 0.6) is 0 Å². The van der Waals surface area contributed by atoms with Gasteiger partial charge in [0.25, 0.3) is 0 Å². The number of rotatable bonds is 3. The molecule has 15 heavy (non-hydrogen) atoms. The standard InChI is InChI=1S/C12H16N2O/c1-9(8-15-13)11-7-14(2)12-6-4-3-5-10(11)12/h3-7,9H,8,13H2,1-2H3. The van der Waals surface area contributed by atoms with E-state index in [0.29, 0.717) is 12.5 Å². The normalized spacial score (nSPS) is 13.3. The van der Waals surface area contributed by atoms with Crippen LogP contribution in [0, 0.1) is 0 Å². The third-order valence-electron chi connectivity index (χ3n) is 2.80. The van der Waals surface area contributed by atoms with E-state index in [1.165, 1.54) is 16.5 Å². The lowest BCUT2D eigenvalue weighted by molar-refractivity contribution is 0.127. The van der Waals surface area contributed by atoms with Crippen LogP contribution in [0.1, 0.15) is 18.4 Å². The smallest absolute Gasteiger partial charge is 0.0745 e. The van der Waals surface area contributed by atoms with Crippen molar-refractivity contribution in [1.29, 1.82) is 0 Å². The monoisotopic (exact) mass is 204 g/mol. The Morgan fingerprint density at radius 1 is 1.40 bits per heavy atom. The molecule has 0 spiro atoms. The van der Waals surface area contributed by atoms with Gasteiger partial charge in [0, 0.05) is 30.1 Å². The molecule has 0 fully saturated rings. The Bertz CT molecular complexity index is 462. The summed E-state index contributed by atoms with van der Waals surface area (Å²) in [4.78, 5) is 4.71. The summed E-state index contributed by atoms with van der Waals surface area (Å²) in [5, 5.41) is 1.28. The summed E-state index contributed by atoms with van der Waals surface area (Å²) in [5.74, 6) is 5.43. The molecule has 1 aromatic heterocycles. The Balaban J connectivity index is 2.52. The van der Waals surface area contributed by atoms with Crippen molar-refractivity contribution < 1.29 is 4.84 Å². The van der Waals surface area contributed by atoms with Gasteiger partial charge in [-0.05, 0) is 11.6 Å². The highest BCUT2D eigenvalue weighted by Crippen LogP contribution is 2.26. The summed E-state index contributed by atoms with van der Waals surface area (Å²) in [7, 11) is 2.06. The molecule has 0 aliphatic carbocycles. The summed E-state index contributed by atoms with van der Waals surface area (Å²) >= 11 is 0. The molecule has 2 aromatic rings. The van der Waals surface area contributed by atoms with Gasteiger partial charge in [0.05, 0.1) is 6.61 Å². The van der Waals surface area contributed by atoms with Crippen LogP contribution in [0.2, 0.25) is 0 Å². The van der Waals surface area contributed by atoms with Crippen molar-refractivity contribution in [3.8, 4) is 0 Å².